The first-order valence-corrected chi connectivity index (χ1v) is 7.33. The smallest absolute Gasteiger partial charge is 0.209 e. The van der Waals surface area contributed by atoms with E-state index in [2.05, 4.69) is 0 Å². The minimum atomic E-state index is 0.436. The van der Waals surface area contributed by atoms with Crippen LogP contribution in [0.15, 0.2) is 24.3 Å². The van der Waals surface area contributed by atoms with Crippen LogP contribution in [-0.4, -0.2) is 40.5 Å². The van der Waals surface area contributed by atoms with E-state index >= 15 is 0 Å². The zero-order valence-corrected chi connectivity index (χ0v) is 14.3. The molecule has 0 spiro atoms. The maximum atomic E-state index is 5.57. The van der Waals surface area contributed by atoms with Crippen LogP contribution in [0, 0.1) is 0 Å². The average molecular weight is 329 g/mol. The van der Waals surface area contributed by atoms with Crippen molar-refractivity contribution in [2.45, 2.75) is 0 Å². The highest BCUT2D eigenvalue weighted by atomic mass is 16.5. The number of ether oxygens (including phenoxy) is 5. The first-order chi connectivity index (χ1) is 11.7. The van der Waals surface area contributed by atoms with E-state index in [9.17, 15) is 0 Å². The number of hydrogen-bond acceptors (Lipinski definition) is 6. The second-order valence-corrected chi connectivity index (χ2v) is 5.05. The number of nitrogens with zero attached hydrogens (tertiary/aromatic N) is 1. The summed E-state index contributed by atoms with van der Waals surface area (Å²) in [5, 5.41) is 1.70. The van der Waals surface area contributed by atoms with Crippen molar-refractivity contribution in [3.8, 4) is 28.7 Å². The molecule has 1 heterocycles. The average Bonchev–Trinajstić information content (AvgIpc) is 2.63. The summed E-state index contributed by atoms with van der Waals surface area (Å²) in [7, 11) is 7.87. The first kappa shape index (κ1) is 16.0. The van der Waals surface area contributed by atoms with Gasteiger partial charge in [-0.2, -0.15) is 0 Å². The maximum absolute atomic E-state index is 5.57. The van der Waals surface area contributed by atoms with Crippen LogP contribution in [-0.2, 0) is 0 Å². The van der Waals surface area contributed by atoms with Gasteiger partial charge in [0.15, 0.2) is 11.5 Å². The summed E-state index contributed by atoms with van der Waals surface area (Å²) in [6.07, 6.45) is 0. The molecule has 0 radical (unpaired) electrons. The summed E-state index contributed by atoms with van der Waals surface area (Å²) >= 11 is 0. The molecule has 6 nitrogen and oxygen atoms in total. The van der Waals surface area contributed by atoms with Crippen molar-refractivity contribution < 1.29 is 23.7 Å². The predicted molar refractivity (Wildman–Crippen MR) is 92.0 cm³/mol. The molecule has 6 heteroatoms. The monoisotopic (exact) mass is 329 g/mol. The van der Waals surface area contributed by atoms with Crippen molar-refractivity contribution in [2.24, 2.45) is 0 Å². The highest BCUT2D eigenvalue weighted by Gasteiger charge is 2.24. The van der Waals surface area contributed by atoms with Crippen LogP contribution in [0.5, 0.6) is 28.7 Å². The van der Waals surface area contributed by atoms with Crippen LogP contribution in [0.4, 0.5) is 0 Å². The van der Waals surface area contributed by atoms with Gasteiger partial charge >= 0.3 is 0 Å². The fourth-order valence-corrected chi connectivity index (χ4v) is 2.88. The highest BCUT2D eigenvalue weighted by molar-refractivity contribution is 6.03. The van der Waals surface area contributed by atoms with Gasteiger partial charge in [0.05, 0.1) is 40.9 Å². The second-order valence-electron chi connectivity index (χ2n) is 5.05. The van der Waals surface area contributed by atoms with Crippen molar-refractivity contribution in [3.63, 3.8) is 0 Å². The number of aromatic nitrogens is 1. The Morgan fingerprint density at radius 1 is 0.667 bits per heavy atom. The van der Waals surface area contributed by atoms with Crippen LogP contribution >= 0.6 is 0 Å². The quantitative estimate of drug-likeness (QED) is 0.668. The van der Waals surface area contributed by atoms with Gasteiger partial charge in [-0.15, -0.1) is 0 Å². The number of methoxy groups -OCH3 is 5. The van der Waals surface area contributed by atoms with E-state index in [0.717, 1.165) is 16.3 Å². The first-order valence-electron chi connectivity index (χ1n) is 7.33. The lowest BCUT2D eigenvalue weighted by Crippen LogP contribution is -2.01. The molecule has 0 unspecified atom stereocenters. The molecule has 0 fully saturated rings. The number of fused-ring (bicyclic) bond motifs is 2. The summed E-state index contributed by atoms with van der Waals surface area (Å²) in [6.45, 7) is 0. The molecule has 2 aromatic carbocycles. The minimum Gasteiger partial charge on any atom is -0.494 e. The van der Waals surface area contributed by atoms with Crippen molar-refractivity contribution >= 4 is 21.8 Å². The lowest BCUT2D eigenvalue weighted by Gasteiger charge is -2.18. The molecular weight excluding hydrogens is 310 g/mol. The standard InChI is InChI=1S/C18H19NO5/c1-20-12-8-6-7-10-9-11-14(19-13(10)12)16(22-3)18(24-5)17(23-4)15(11)21-2/h6-9H,1-5H3. The van der Waals surface area contributed by atoms with Gasteiger partial charge in [-0.05, 0) is 12.1 Å². The van der Waals surface area contributed by atoms with Gasteiger partial charge in [-0.3, -0.25) is 0 Å². The molecule has 0 aliphatic carbocycles. The molecule has 0 aliphatic heterocycles. The van der Waals surface area contributed by atoms with Gasteiger partial charge in [0.1, 0.15) is 16.8 Å². The largest absolute Gasteiger partial charge is 0.494 e. The zero-order valence-electron chi connectivity index (χ0n) is 14.3. The van der Waals surface area contributed by atoms with Gasteiger partial charge < -0.3 is 23.7 Å². The van der Waals surface area contributed by atoms with Gasteiger partial charge in [0.2, 0.25) is 11.5 Å². The van der Waals surface area contributed by atoms with Crippen LogP contribution in [0.2, 0.25) is 0 Å². The van der Waals surface area contributed by atoms with Gasteiger partial charge in [0, 0.05) is 5.39 Å². The van der Waals surface area contributed by atoms with Gasteiger partial charge in [-0.1, -0.05) is 12.1 Å². The van der Waals surface area contributed by atoms with E-state index in [1.807, 2.05) is 24.3 Å². The molecule has 0 bridgehead atoms. The maximum Gasteiger partial charge on any atom is 0.209 e. The molecule has 0 saturated heterocycles. The molecule has 3 aromatic rings. The molecule has 126 valence electrons. The molecule has 3 rings (SSSR count). The molecule has 0 atom stereocenters. The number of pyridine rings is 1. The molecule has 0 aliphatic rings. The van der Waals surface area contributed by atoms with E-state index in [1.165, 1.54) is 0 Å². The number of benzene rings is 2. The van der Waals surface area contributed by atoms with Crippen molar-refractivity contribution in [3.05, 3.63) is 24.3 Å². The molecule has 1 aromatic heterocycles. The molecule has 0 amide bonds. The Kier molecular flexibility index (Phi) is 4.20. The molecule has 24 heavy (non-hydrogen) atoms. The normalized spacial score (nSPS) is 10.7. The second kappa shape index (κ2) is 6.31. The third-order valence-electron chi connectivity index (χ3n) is 3.92. The summed E-state index contributed by atoms with van der Waals surface area (Å²) in [6, 6.07) is 7.72. The van der Waals surface area contributed by atoms with Crippen LogP contribution < -0.4 is 23.7 Å². The van der Waals surface area contributed by atoms with Crippen LogP contribution in [0.25, 0.3) is 21.8 Å². The van der Waals surface area contributed by atoms with E-state index < -0.39 is 0 Å². The lowest BCUT2D eigenvalue weighted by molar-refractivity contribution is 0.309. The van der Waals surface area contributed by atoms with E-state index in [1.54, 1.807) is 35.5 Å². The predicted octanol–water partition coefficient (Wildman–Crippen LogP) is 3.43. The summed E-state index contributed by atoms with van der Waals surface area (Å²) in [5.41, 5.74) is 1.35. The van der Waals surface area contributed by atoms with Crippen molar-refractivity contribution in [1.82, 2.24) is 4.98 Å². The molecule has 0 saturated carbocycles. The number of hydrogen-bond donors (Lipinski definition) is 0. The Hall–Kier alpha value is -2.89. The van der Waals surface area contributed by atoms with Crippen molar-refractivity contribution in [2.75, 3.05) is 35.5 Å². The minimum absolute atomic E-state index is 0.436. The fraction of sp³-hybridized carbons (Fsp3) is 0.278. The van der Waals surface area contributed by atoms with E-state index in [0.29, 0.717) is 34.3 Å². The summed E-state index contributed by atoms with van der Waals surface area (Å²) < 4.78 is 27.5. The third kappa shape index (κ3) is 2.22. The third-order valence-corrected chi connectivity index (χ3v) is 3.92. The SMILES string of the molecule is COc1c(OC)c(OC)c2nc3c(OC)cccc3cc2c1OC. The van der Waals surface area contributed by atoms with Crippen molar-refractivity contribution in [1.29, 1.82) is 0 Å². The molecular formula is C18H19NO5. The Morgan fingerprint density at radius 3 is 1.88 bits per heavy atom. The Morgan fingerprint density at radius 2 is 1.29 bits per heavy atom. The highest BCUT2D eigenvalue weighted by Crippen LogP contribution is 2.51. The molecule has 0 N–H and O–H groups in total. The van der Waals surface area contributed by atoms with Gasteiger partial charge in [-0.25, -0.2) is 4.98 Å². The Bertz CT molecular complexity index is 907. The lowest BCUT2D eigenvalue weighted by atomic mass is 10.1. The summed E-state index contributed by atoms with van der Waals surface area (Å²) in [4.78, 5) is 4.75. The number of rotatable bonds is 5. The topological polar surface area (TPSA) is 59.0 Å². The zero-order chi connectivity index (χ0) is 17.3. The summed E-state index contributed by atoms with van der Waals surface area (Å²) in [5.74, 6) is 2.62. The van der Waals surface area contributed by atoms with E-state index in [-0.39, 0.29) is 0 Å². The Labute approximate surface area is 139 Å². The Balaban J connectivity index is 2.54. The fourth-order valence-electron chi connectivity index (χ4n) is 2.88. The van der Waals surface area contributed by atoms with Crippen LogP contribution in [0.3, 0.4) is 0 Å². The van der Waals surface area contributed by atoms with Gasteiger partial charge in [0.25, 0.3) is 0 Å². The number of para-hydroxylation sites is 1. The van der Waals surface area contributed by atoms with Crippen LogP contribution in [0.1, 0.15) is 0 Å². The van der Waals surface area contributed by atoms with E-state index in [4.69, 9.17) is 28.7 Å².